The number of hydrogen-bond acceptors (Lipinski definition) is 5. The zero-order valence-electron chi connectivity index (χ0n) is 16.3. The Bertz CT molecular complexity index is 951. The molecule has 1 heterocycles. The molecule has 0 bridgehead atoms. The molecule has 2 aromatic carbocycles. The number of nitrogens with zero attached hydrogens (tertiary/aromatic N) is 2. The number of rotatable bonds is 9. The van der Waals surface area contributed by atoms with E-state index in [1.165, 1.54) is 11.3 Å². The molecule has 1 aromatic heterocycles. The molecule has 0 aliphatic heterocycles. The Kier molecular flexibility index (Phi) is 6.90. The minimum Gasteiger partial charge on any atom is -0.349 e. The van der Waals surface area contributed by atoms with Crippen molar-refractivity contribution in [1.29, 1.82) is 0 Å². The lowest BCUT2D eigenvalue weighted by molar-refractivity contribution is -0.124. The van der Waals surface area contributed by atoms with Gasteiger partial charge >= 0.3 is 0 Å². The number of carbonyl (C=O) groups is 2. The fourth-order valence-corrected chi connectivity index (χ4v) is 3.94. The van der Waals surface area contributed by atoms with E-state index in [0.717, 1.165) is 39.3 Å². The molecule has 0 saturated carbocycles. The highest BCUT2D eigenvalue weighted by Crippen LogP contribution is 2.28. The van der Waals surface area contributed by atoms with Crippen molar-refractivity contribution in [2.45, 2.75) is 19.3 Å². The molecule has 1 N–H and O–H groups in total. The van der Waals surface area contributed by atoms with Crippen molar-refractivity contribution in [3.63, 3.8) is 0 Å². The summed E-state index contributed by atoms with van der Waals surface area (Å²) in [5.41, 5.74) is 3.19. The number of hydrogen-bond donors (Lipinski definition) is 1. The Balaban J connectivity index is 1.55. The van der Waals surface area contributed by atoms with Gasteiger partial charge in [0.15, 0.2) is 5.78 Å². The maximum Gasteiger partial charge on any atom is 0.227 e. The van der Waals surface area contributed by atoms with Gasteiger partial charge in [-0.3, -0.25) is 9.59 Å². The highest BCUT2D eigenvalue weighted by molar-refractivity contribution is 7.18. The van der Waals surface area contributed by atoms with E-state index in [4.69, 9.17) is 0 Å². The fraction of sp³-hybridized carbons (Fsp3) is 0.318. The summed E-state index contributed by atoms with van der Waals surface area (Å²) >= 11 is 1.52. The Labute approximate surface area is 169 Å². The number of Topliss-reactive ketones (excluding diaryl/α,β-unsaturated/α-hetero) is 1. The number of ketones is 1. The Morgan fingerprint density at radius 1 is 1.07 bits per heavy atom. The SMILES string of the molecule is CN(C)CCCC(=O)CNC(=O)Cc1nc2ccc(-c3ccccc3)cc2s1. The van der Waals surface area contributed by atoms with Crippen LogP contribution in [-0.4, -0.2) is 48.8 Å². The van der Waals surface area contributed by atoms with Crippen LogP contribution in [0.1, 0.15) is 17.8 Å². The number of amides is 1. The van der Waals surface area contributed by atoms with Crippen LogP contribution in [0.15, 0.2) is 48.5 Å². The third-order valence-corrected chi connectivity index (χ3v) is 5.41. The summed E-state index contributed by atoms with van der Waals surface area (Å²) in [6.07, 6.45) is 1.50. The first kappa shape index (κ1) is 20.2. The molecule has 0 spiro atoms. The Morgan fingerprint density at radius 2 is 1.86 bits per heavy atom. The lowest BCUT2D eigenvalue weighted by Crippen LogP contribution is -2.31. The first-order chi connectivity index (χ1) is 13.5. The average Bonchev–Trinajstić information content (AvgIpc) is 3.08. The summed E-state index contributed by atoms with van der Waals surface area (Å²) in [6.45, 7) is 0.964. The van der Waals surface area contributed by atoms with Gasteiger partial charge in [-0.05, 0) is 50.3 Å². The predicted molar refractivity (Wildman–Crippen MR) is 115 cm³/mol. The van der Waals surface area contributed by atoms with Crippen LogP contribution in [-0.2, 0) is 16.0 Å². The van der Waals surface area contributed by atoms with Crippen LogP contribution in [0.2, 0.25) is 0 Å². The number of nitrogens with one attached hydrogen (secondary N) is 1. The van der Waals surface area contributed by atoms with Crippen molar-refractivity contribution >= 4 is 33.2 Å². The molecule has 0 unspecified atom stereocenters. The van der Waals surface area contributed by atoms with Crippen molar-refractivity contribution in [2.24, 2.45) is 0 Å². The lowest BCUT2D eigenvalue weighted by Gasteiger charge is -2.08. The first-order valence-electron chi connectivity index (χ1n) is 9.39. The molecule has 0 fully saturated rings. The maximum absolute atomic E-state index is 12.2. The van der Waals surface area contributed by atoms with E-state index in [2.05, 4.69) is 28.5 Å². The van der Waals surface area contributed by atoms with Crippen LogP contribution >= 0.6 is 11.3 Å². The van der Waals surface area contributed by atoms with Crippen molar-refractivity contribution < 1.29 is 9.59 Å². The summed E-state index contributed by atoms with van der Waals surface area (Å²) in [5.74, 6) is -0.102. The smallest absolute Gasteiger partial charge is 0.227 e. The number of aromatic nitrogens is 1. The Hall–Kier alpha value is -2.57. The molecule has 5 nitrogen and oxygen atoms in total. The second-order valence-corrected chi connectivity index (χ2v) is 8.17. The van der Waals surface area contributed by atoms with Gasteiger partial charge in [-0.1, -0.05) is 36.4 Å². The number of benzene rings is 2. The van der Waals surface area contributed by atoms with Gasteiger partial charge in [0.25, 0.3) is 0 Å². The summed E-state index contributed by atoms with van der Waals surface area (Å²) < 4.78 is 1.06. The third-order valence-electron chi connectivity index (χ3n) is 4.40. The molecule has 28 heavy (non-hydrogen) atoms. The standard InChI is InChI=1S/C22H25N3O2S/c1-25(2)12-6-9-18(26)15-23-21(27)14-22-24-19-11-10-17(13-20(19)28-22)16-7-4-3-5-8-16/h3-5,7-8,10-11,13H,6,9,12,14-15H2,1-2H3,(H,23,27). The molecule has 3 aromatic rings. The average molecular weight is 396 g/mol. The van der Waals surface area contributed by atoms with E-state index in [9.17, 15) is 9.59 Å². The molecule has 3 rings (SSSR count). The molecular weight excluding hydrogens is 370 g/mol. The van der Waals surface area contributed by atoms with Crippen molar-refractivity contribution in [3.05, 3.63) is 53.5 Å². The second-order valence-electron chi connectivity index (χ2n) is 7.06. The minimum absolute atomic E-state index is 0.0620. The van der Waals surface area contributed by atoms with Crippen LogP contribution in [0.3, 0.4) is 0 Å². The summed E-state index contributed by atoms with van der Waals surface area (Å²) in [6, 6.07) is 16.3. The molecule has 0 aliphatic carbocycles. The number of thiazole rings is 1. The zero-order chi connectivity index (χ0) is 19.9. The zero-order valence-corrected chi connectivity index (χ0v) is 17.1. The van der Waals surface area contributed by atoms with Crippen LogP contribution in [0, 0.1) is 0 Å². The van der Waals surface area contributed by atoms with E-state index in [1.54, 1.807) is 0 Å². The molecule has 1 amide bonds. The summed E-state index contributed by atoms with van der Waals surface area (Å²) in [4.78, 5) is 30.6. The van der Waals surface area contributed by atoms with E-state index in [0.29, 0.717) is 6.42 Å². The van der Waals surface area contributed by atoms with E-state index in [1.807, 2.05) is 49.3 Å². The van der Waals surface area contributed by atoms with Crippen LogP contribution in [0.4, 0.5) is 0 Å². The molecule has 146 valence electrons. The largest absolute Gasteiger partial charge is 0.349 e. The van der Waals surface area contributed by atoms with Gasteiger partial charge in [0, 0.05) is 6.42 Å². The van der Waals surface area contributed by atoms with Crippen molar-refractivity contribution in [1.82, 2.24) is 15.2 Å². The van der Waals surface area contributed by atoms with Gasteiger partial charge in [0.05, 0.1) is 23.2 Å². The molecule has 0 saturated heterocycles. The normalized spacial score (nSPS) is 11.1. The highest BCUT2D eigenvalue weighted by Gasteiger charge is 2.11. The Morgan fingerprint density at radius 3 is 2.61 bits per heavy atom. The molecule has 0 radical (unpaired) electrons. The lowest BCUT2D eigenvalue weighted by atomic mass is 10.1. The van der Waals surface area contributed by atoms with Crippen LogP contribution in [0.25, 0.3) is 21.3 Å². The number of fused-ring (bicyclic) bond motifs is 1. The summed E-state index contributed by atoms with van der Waals surface area (Å²) in [5, 5.41) is 3.48. The molecular formula is C22H25N3O2S. The molecule has 0 atom stereocenters. The number of carbonyl (C=O) groups excluding carboxylic acids is 2. The van der Waals surface area contributed by atoms with Crippen molar-refractivity contribution in [3.8, 4) is 11.1 Å². The van der Waals surface area contributed by atoms with Gasteiger partial charge in [-0.25, -0.2) is 4.98 Å². The van der Waals surface area contributed by atoms with E-state index >= 15 is 0 Å². The minimum atomic E-state index is -0.164. The van der Waals surface area contributed by atoms with Crippen LogP contribution in [0.5, 0.6) is 0 Å². The van der Waals surface area contributed by atoms with Gasteiger partial charge in [-0.15, -0.1) is 11.3 Å². The fourth-order valence-electron chi connectivity index (χ4n) is 2.94. The highest BCUT2D eigenvalue weighted by atomic mass is 32.1. The van der Waals surface area contributed by atoms with E-state index < -0.39 is 0 Å². The van der Waals surface area contributed by atoms with Crippen molar-refractivity contribution in [2.75, 3.05) is 27.2 Å². The van der Waals surface area contributed by atoms with Gasteiger partial charge in [0.2, 0.25) is 5.91 Å². The third kappa shape index (κ3) is 5.71. The first-order valence-corrected chi connectivity index (χ1v) is 10.2. The summed E-state index contributed by atoms with van der Waals surface area (Å²) in [7, 11) is 3.96. The monoisotopic (exact) mass is 395 g/mol. The molecule has 6 heteroatoms. The predicted octanol–water partition coefficient (Wildman–Crippen LogP) is 3.53. The quantitative estimate of drug-likeness (QED) is 0.602. The van der Waals surface area contributed by atoms with Gasteiger partial charge < -0.3 is 10.2 Å². The van der Waals surface area contributed by atoms with E-state index in [-0.39, 0.29) is 24.7 Å². The van der Waals surface area contributed by atoms with Gasteiger partial charge in [0.1, 0.15) is 5.01 Å². The maximum atomic E-state index is 12.2. The van der Waals surface area contributed by atoms with Gasteiger partial charge in [-0.2, -0.15) is 0 Å². The topological polar surface area (TPSA) is 62.3 Å². The second kappa shape index (κ2) is 9.57. The van der Waals surface area contributed by atoms with Crippen LogP contribution < -0.4 is 5.32 Å². The molecule has 0 aliphatic rings.